The van der Waals surface area contributed by atoms with Gasteiger partial charge in [0.15, 0.2) is 12.4 Å². The molecule has 0 heterocycles. The summed E-state index contributed by atoms with van der Waals surface area (Å²) in [6, 6.07) is 8.77. The minimum atomic E-state index is -0.605. The molecule has 0 amide bonds. The third kappa shape index (κ3) is 5.29. The van der Waals surface area contributed by atoms with Crippen molar-refractivity contribution in [1.82, 2.24) is 0 Å². The molecule has 25 heavy (non-hydrogen) atoms. The van der Waals surface area contributed by atoms with Gasteiger partial charge in [-0.2, -0.15) is 0 Å². The Bertz CT molecular complexity index is 791. The minimum Gasteiger partial charge on any atom is -0.496 e. The van der Waals surface area contributed by atoms with Crippen molar-refractivity contribution < 1.29 is 28.2 Å². The van der Waals surface area contributed by atoms with E-state index in [9.17, 15) is 14.0 Å². The Hall–Kier alpha value is -2.41. The summed E-state index contributed by atoms with van der Waals surface area (Å²) in [4.78, 5) is 23.3. The SMILES string of the molecule is COc1ccc(C(C)=O)cc1COC(=O)COc1ccc(F)cc1Br. The van der Waals surface area contributed by atoms with Crippen molar-refractivity contribution in [2.75, 3.05) is 13.7 Å². The van der Waals surface area contributed by atoms with Crippen LogP contribution in [0.4, 0.5) is 4.39 Å². The van der Waals surface area contributed by atoms with E-state index in [0.717, 1.165) is 0 Å². The lowest BCUT2D eigenvalue weighted by molar-refractivity contribution is -0.147. The molecule has 0 aliphatic heterocycles. The van der Waals surface area contributed by atoms with Gasteiger partial charge in [0.1, 0.15) is 23.9 Å². The van der Waals surface area contributed by atoms with Crippen molar-refractivity contribution in [3.8, 4) is 11.5 Å². The summed E-state index contributed by atoms with van der Waals surface area (Å²) in [5, 5.41) is 0. The highest BCUT2D eigenvalue weighted by molar-refractivity contribution is 9.10. The largest absolute Gasteiger partial charge is 0.496 e. The molecule has 0 radical (unpaired) electrons. The van der Waals surface area contributed by atoms with Crippen LogP contribution in [0.1, 0.15) is 22.8 Å². The van der Waals surface area contributed by atoms with Gasteiger partial charge in [0.05, 0.1) is 11.6 Å². The van der Waals surface area contributed by atoms with Crippen molar-refractivity contribution in [1.29, 1.82) is 0 Å². The number of hydrogen-bond acceptors (Lipinski definition) is 5. The van der Waals surface area contributed by atoms with Crippen LogP contribution in [-0.4, -0.2) is 25.5 Å². The predicted octanol–water partition coefficient (Wildman–Crippen LogP) is 3.92. The van der Waals surface area contributed by atoms with E-state index in [4.69, 9.17) is 14.2 Å². The van der Waals surface area contributed by atoms with E-state index in [1.165, 1.54) is 32.2 Å². The molecule has 0 saturated carbocycles. The number of carbonyl (C=O) groups is 2. The molecule has 2 aromatic rings. The number of Topliss-reactive ketones (excluding diaryl/α,β-unsaturated/α-hetero) is 1. The van der Waals surface area contributed by atoms with Crippen LogP contribution in [0, 0.1) is 5.82 Å². The third-order valence-electron chi connectivity index (χ3n) is 3.32. The summed E-state index contributed by atoms with van der Waals surface area (Å²) in [5.74, 6) is -0.278. The molecule has 7 heteroatoms. The van der Waals surface area contributed by atoms with Gasteiger partial charge in [-0.1, -0.05) is 0 Å². The lowest BCUT2D eigenvalue weighted by Crippen LogP contribution is -2.15. The lowest BCUT2D eigenvalue weighted by Gasteiger charge is -2.11. The van der Waals surface area contributed by atoms with E-state index in [1.54, 1.807) is 18.2 Å². The minimum absolute atomic E-state index is 0.0585. The fourth-order valence-electron chi connectivity index (χ4n) is 2.04. The zero-order valence-electron chi connectivity index (χ0n) is 13.7. The second-order valence-electron chi connectivity index (χ2n) is 5.11. The number of benzene rings is 2. The molecule has 2 rings (SSSR count). The average Bonchev–Trinajstić information content (AvgIpc) is 2.58. The van der Waals surface area contributed by atoms with Crippen molar-refractivity contribution in [2.24, 2.45) is 0 Å². The summed E-state index contributed by atoms with van der Waals surface area (Å²) in [7, 11) is 1.49. The first-order valence-corrected chi connectivity index (χ1v) is 8.11. The molecule has 5 nitrogen and oxygen atoms in total. The summed E-state index contributed by atoms with van der Waals surface area (Å²) in [6.45, 7) is 1.06. The number of ketones is 1. The van der Waals surface area contributed by atoms with Gasteiger partial charge in [-0.25, -0.2) is 9.18 Å². The number of esters is 1. The molecule has 0 aliphatic carbocycles. The molecular weight excluding hydrogens is 395 g/mol. The summed E-state index contributed by atoms with van der Waals surface area (Å²) in [5.41, 5.74) is 1.07. The van der Waals surface area contributed by atoms with Gasteiger partial charge >= 0.3 is 5.97 Å². The summed E-state index contributed by atoms with van der Waals surface area (Å²) < 4.78 is 29.0. The van der Waals surface area contributed by atoms with E-state index < -0.39 is 11.8 Å². The molecule has 0 aromatic heterocycles. The molecule has 2 aromatic carbocycles. The molecular formula is C18H16BrFO5. The first-order valence-electron chi connectivity index (χ1n) is 7.32. The molecule has 0 atom stereocenters. The van der Waals surface area contributed by atoms with E-state index in [0.29, 0.717) is 27.1 Å². The number of carbonyl (C=O) groups excluding carboxylic acids is 2. The van der Waals surface area contributed by atoms with Crippen LogP contribution < -0.4 is 9.47 Å². The van der Waals surface area contributed by atoms with Gasteiger partial charge in [0.2, 0.25) is 0 Å². The van der Waals surface area contributed by atoms with Crippen molar-refractivity contribution in [3.05, 3.63) is 57.8 Å². The van der Waals surface area contributed by atoms with Gasteiger partial charge < -0.3 is 14.2 Å². The summed E-state index contributed by atoms with van der Waals surface area (Å²) in [6.07, 6.45) is 0. The zero-order chi connectivity index (χ0) is 18.4. The second-order valence-corrected chi connectivity index (χ2v) is 5.96. The number of hydrogen-bond donors (Lipinski definition) is 0. The highest BCUT2D eigenvalue weighted by Gasteiger charge is 2.12. The zero-order valence-corrected chi connectivity index (χ0v) is 15.3. The topological polar surface area (TPSA) is 61.8 Å². The van der Waals surface area contributed by atoms with Crippen LogP contribution in [0.15, 0.2) is 40.9 Å². The first-order chi connectivity index (χ1) is 11.9. The molecule has 0 saturated heterocycles. The smallest absolute Gasteiger partial charge is 0.344 e. The van der Waals surface area contributed by atoms with Gasteiger partial charge in [-0.3, -0.25) is 4.79 Å². The van der Waals surface area contributed by atoms with Crippen LogP contribution in [-0.2, 0) is 16.1 Å². The Labute approximate surface area is 152 Å². The van der Waals surface area contributed by atoms with Crippen molar-refractivity contribution in [3.63, 3.8) is 0 Å². The van der Waals surface area contributed by atoms with Crippen LogP contribution in [0.5, 0.6) is 11.5 Å². The monoisotopic (exact) mass is 410 g/mol. The molecule has 0 spiro atoms. The van der Waals surface area contributed by atoms with Crippen LogP contribution >= 0.6 is 15.9 Å². The number of halogens is 2. The highest BCUT2D eigenvalue weighted by Crippen LogP contribution is 2.25. The predicted molar refractivity (Wildman–Crippen MR) is 92.4 cm³/mol. The summed E-state index contributed by atoms with van der Waals surface area (Å²) >= 11 is 3.15. The van der Waals surface area contributed by atoms with Gasteiger partial charge in [-0.05, 0) is 59.3 Å². The Morgan fingerprint density at radius 2 is 1.84 bits per heavy atom. The first kappa shape index (κ1) is 18.9. The maximum Gasteiger partial charge on any atom is 0.344 e. The Morgan fingerprint density at radius 3 is 2.48 bits per heavy atom. The lowest BCUT2D eigenvalue weighted by atomic mass is 10.1. The maximum atomic E-state index is 13.0. The Morgan fingerprint density at radius 1 is 1.12 bits per heavy atom. The molecule has 0 unspecified atom stereocenters. The maximum absolute atomic E-state index is 13.0. The number of rotatable bonds is 7. The molecule has 132 valence electrons. The molecule has 0 bridgehead atoms. The van der Waals surface area contributed by atoms with E-state index in [-0.39, 0.29) is 19.0 Å². The molecule has 0 aliphatic rings. The third-order valence-corrected chi connectivity index (χ3v) is 3.93. The van der Waals surface area contributed by atoms with E-state index >= 15 is 0 Å². The quantitative estimate of drug-likeness (QED) is 0.511. The van der Waals surface area contributed by atoms with Gasteiger partial charge in [0.25, 0.3) is 0 Å². The van der Waals surface area contributed by atoms with E-state index in [2.05, 4.69) is 15.9 Å². The highest BCUT2D eigenvalue weighted by atomic mass is 79.9. The average molecular weight is 411 g/mol. The fourth-order valence-corrected chi connectivity index (χ4v) is 2.50. The molecule has 0 fully saturated rings. The number of ether oxygens (including phenoxy) is 3. The van der Waals surface area contributed by atoms with Gasteiger partial charge in [-0.15, -0.1) is 0 Å². The van der Waals surface area contributed by atoms with Crippen LogP contribution in [0.2, 0.25) is 0 Å². The van der Waals surface area contributed by atoms with Crippen LogP contribution in [0.25, 0.3) is 0 Å². The van der Waals surface area contributed by atoms with Gasteiger partial charge in [0, 0.05) is 11.1 Å². The van der Waals surface area contributed by atoms with E-state index in [1.807, 2.05) is 0 Å². The Kier molecular flexibility index (Phi) is 6.52. The fraction of sp³-hybridized carbons (Fsp3) is 0.222. The normalized spacial score (nSPS) is 10.2. The number of methoxy groups -OCH3 is 1. The molecule has 0 N–H and O–H groups in total. The van der Waals surface area contributed by atoms with Crippen LogP contribution in [0.3, 0.4) is 0 Å². The second kappa shape index (κ2) is 8.62. The standard InChI is InChI=1S/C18H16BrFO5/c1-11(21)12-3-5-16(23-2)13(7-12)9-25-18(22)10-24-17-6-4-14(20)8-15(17)19/h3-8H,9-10H2,1-2H3. The van der Waals surface area contributed by atoms with Crippen molar-refractivity contribution >= 4 is 27.7 Å². The Balaban J connectivity index is 1.95. The van der Waals surface area contributed by atoms with Crippen molar-refractivity contribution in [2.45, 2.75) is 13.5 Å².